The summed E-state index contributed by atoms with van der Waals surface area (Å²) in [6.07, 6.45) is 0. The molecule has 0 bridgehead atoms. The fourth-order valence-electron chi connectivity index (χ4n) is 2.80. The maximum atomic E-state index is 12.4. The molecule has 0 spiro atoms. The van der Waals surface area contributed by atoms with E-state index in [4.69, 9.17) is 0 Å². The van der Waals surface area contributed by atoms with E-state index >= 15 is 0 Å². The Morgan fingerprint density at radius 1 is 0.867 bits per heavy atom. The monoisotopic (exact) mass is 404 g/mol. The van der Waals surface area contributed by atoms with Gasteiger partial charge in [-0.1, -0.05) is 30.3 Å². The molecule has 0 saturated carbocycles. The summed E-state index contributed by atoms with van der Waals surface area (Å²) in [7, 11) is 0. The number of aryl methyl sites for hydroxylation is 1. The average molecular weight is 404 g/mol. The molecule has 0 atom stereocenters. The molecule has 0 aliphatic heterocycles. The van der Waals surface area contributed by atoms with Gasteiger partial charge >= 0.3 is 0 Å². The first-order valence-corrected chi connectivity index (χ1v) is 9.18. The number of hydrogen-bond donors (Lipinski definition) is 3. The second kappa shape index (κ2) is 9.33. The molecule has 3 N–H and O–H groups in total. The van der Waals surface area contributed by atoms with Gasteiger partial charge in [0.15, 0.2) is 0 Å². The molecule has 0 aliphatic rings. The van der Waals surface area contributed by atoms with Gasteiger partial charge in [0.05, 0.1) is 22.8 Å². The zero-order valence-corrected chi connectivity index (χ0v) is 16.2. The summed E-state index contributed by atoms with van der Waals surface area (Å²) in [5.74, 6) is -0.577. The van der Waals surface area contributed by atoms with Crippen LogP contribution in [0.4, 0.5) is 22.7 Å². The third kappa shape index (κ3) is 5.20. The number of benzene rings is 3. The second-order valence-electron chi connectivity index (χ2n) is 6.52. The minimum absolute atomic E-state index is 0.0355. The fraction of sp³-hybridized carbons (Fsp3) is 0.0909. The van der Waals surface area contributed by atoms with Crippen molar-refractivity contribution in [3.05, 3.63) is 94.0 Å². The van der Waals surface area contributed by atoms with Crippen molar-refractivity contribution in [1.29, 1.82) is 0 Å². The topological polar surface area (TPSA) is 113 Å². The fourth-order valence-corrected chi connectivity index (χ4v) is 2.80. The summed E-state index contributed by atoms with van der Waals surface area (Å²) < 4.78 is 0. The summed E-state index contributed by atoms with van der Waals surface area (Å²) in [5, 5.41) is 19.4. The first-order chi connectivity index (χ1) is 14.4. The molecular formula is C22H20N4O4. The molecule has 0 aromatic heterocycles. The number of carbonyl (C=O) groups excluding carboxylic acids is 2. The van der Waals surface area contributed by atoms with Gasteiger partial charge in [0.2, 0.25) is 5.91 Å². The predicted molar refractivity (Wildman–Crippen MR) is 116 cm³/mol. The van der Waals surface area contributed by atoms with Crippen LogP contribution in [0, 0.1) is 17.0 Å². The zero-order valence-electron chi connectivity index (χ0n) is 16.2. The average Bonchev–Trinajstić information content (AvgIpc) is 2.75. The summed E-state index contributed by atoms with van der Waals surface area (Å²) in [4.78, 5) is 35.0. The van der Waals surface area contributed by atoms with Gasteiger partial charge in [-0.3, -0.25) is 19.7 Å². The highest BCUT2D eigenvalue weighted by Crippen LogP contribution is 2.23. The number of anilines is 3. The molecule has 0 radical (unpaired) electrons. The Hall–Kier alpha value is -4.20. The lowest BCUT2D eigenvalue weighted by Gasteiger charge is -2.14. The Balaban J connectivity index is 1.63. The molecule has 8 heteroatoms. The Bertz CT molecular complexity index is 1080. The lowest BCUT2D eigenvalue weighted by molar-refractivity contribution is -0.384. The van der Waals surface area contributed by atoms with Crippen LogP contribution in [-0.2, 0) is 4.79 Å². The van der Waals surface area contributed by atoms with E-state index in [-0.39, 0.29) is 24.0 Å². The van der Waals surface area contributed by atoms with Crippen LogP contribution < -0.4 is 16.0 Å². The molecule has 0 heterocycles. The first kappa shape index (κ1) is 20.5. The van der Waals surface area contributed by atoms with Crippen molar-refractivity contribution >= 4 is 34.6 Å². The highest BCUT2D eigenvalue weighted by molar-refractivity contribution is 6.06. The Morgan fingerprint density at radius 3 is 2.20 bits per heavy atom. The van der Waals surface area contributed by atoms with Gasteiger partial charge in [0.25, 0.3) is 11.6 Å². The number of hydrogen-bond acceptors (Lipinski definition) is 5. The highest BCUT2D eigenvalue weighted by atomic mass is 16.6. The third-order valence-corrected chi connectivity index (χ3v) is 4.35. The van der Waals surface area contributed by atoms with Gasteiger partial charge in [0.1, 0.15) is 0 Å². The standard InChI is InChI=1S/C22H20N4O4/c1-15-13-17(26(29)30)11-12-18(15)24-21(27)14-23-19-9-5-6-10-20(19)25-22(28)16-7-3-2-4-8-16/h2-13,23H,14H2,1H3,(H,24,27)(H,25,28). The van der Waals surface area contributed by atoms with E-state index in [9.17, 15) is 19.7 Å². The zero-order chi connectivity index (χ0) is 21.5. The van der Waals surface area contributed by atoms with Crippen molar-refractivity contribution in [1.82, 2.24) is 0 Å². The van der Waals surface area contributed by atoms with Crippen molar-refractivity contribution < 1.29 is 14.5 Å². The first-order valence-electron chi connectivity index (χ1n) is 9.18. The summed E-state index contributed by atoms with van der Waals surface area (Å²) in [6, 6.07) is 20.1. The number of para-hydroxylation sites is 2. The largest absolute Gasteiger partial charge is 0.374 e. The number of nitro benzene ring substituents is 1. The van der Waals surface area contributed by atoms with E-state index in [1.54, 1.807) is 55.5 Å². The van der Waals surface area contributed by atoms with Gasteiger partial charge in [-0.05, 0) is 42.8 Å². The van der Waals surface area contributed by atoms with Gasteiger partial charge in [0, 0.05) is 23.4 Å². The van der Waals surface area contributed by atoms with E-state index in [0.717, 1.165) is 0 Å². The highest BCUT2D eigenvalue weighted by Gasteiger charge is 2.12. The van der Waals surface area contributed by atoms with Crippen molar-refractivity contribution in [2.24, 2.45) is 0 Å². The van der Waals surface area contributed by atoms with Gasteiger partial charge in [-0.15, -0.1) is 0 Å². The van der Waals surface area contributed by atoms with Crippen LogP contribution in [0.5, 0.6) is 0 Å². The van der Waals surface area contributed by atoms with Crippen LogP contribution >= 0.6 is 0 Å². The Labute approximate surface area is 173 Å². The van der Waals surface area contributed by atoms with Gasteiger partial charge < -0.3 is 16.0 Å². The molecule has 3 aromatic carbocycles. The van der Waals surface area contributed by atoms with E-state index in [0.29, 0.717) is 28.2 Å². The minimum Gasteiger partial charge on any atom is -0.374 e. The normalized spacial score (nSPS) is 10.2. The van der Waals surface area contributed by atoms with E-state index in [2.05, 4.69) is 16.0 Å². The van der Waals surface area contributed by atoms with E-state index in [1.165, 1.54) is 18.2 Å². The van der Waals surface area contributed by atoms with Crippen molar-refractivity contribution in [2.75, 3.05) is 22.5 Å². The molecule has 152 valence electrons. The maximum absolute atomic E-state index is 12.4. The molecule has 0 fully saturated rings. The van der Waals surface area contributed by atoms with Crippen LogP contribution in [0.25, 0.3) is 0 Å². The van der Waals surface area contributed by atoms with E-state index < -0.39 is 4.92 Å². The van der Waals surface area contributed by atoms with Gasteiger partial charge in [-0.25, -0.2) is 0 Å². The third-order valence-electron chi connectivity index (χ3n) is 4.35. The van der Waals surface area contributed by atoms with Gasteiger partial charge in [-0.2, -0.15) is 0 Å². The number of rotatable bonds is 7. The molecule has 2 amide bonds. The van der Waals surface area contributed by atoms with Crippen LogP contribution in [0.1, 0.15) is 15.9 Å². The Morgan fingerprint density at radius 2 is 1.53 bits per heavy atom. The van der Waals surface area contributed by atoms with E-state index in [1.807, 2.05) is 6.07 Å². The maximum Gasteiger partial charge on any atom is 0.269 e. The van der Waals surface area contributed by atoms with Crippen molar-refractivity contribution in [3.63, 3.8) is 0 Å². The number of carbonyl (C=O) groups is 2. The summed E-state index contributed by atoms with van der Waals surface area (Å²) in [6.45, 7) is 1.64. The smallest absolute Gasteiger partial charge is 0.269 e. The van der Waals surface area contributed by atoms with Crippen molar-refractivity contribution in [2.45, 2.75) is 6.92 Å². The molecule has 30 heavy (non-hydrogen) atoms. The lowest BCUT2D eigenvalue weighted by Crippen LogP contribution is -2.23. The molecule has 0 aliphatic carbocycles. The molecule has 8 nitrogen and oxygen atoms in total. The lowest BCUT2D eigenvalue weighted by atomic mass is 10.2. The number of nitrogens with zero attached hydrogens (tertiary/aromatic N) is 1. The SMILES string of the molecule is Cc1cc([N+](=O)[O-])ccc1NC(=O)CNc1ccccc1NC(=O)c1ccccc1. The summed E-state index contributed by atoms with van der Waals surface area (Å²) >= 11 is 0. The minimum atomic E-state index is -0.485. The van der Waals surface area contributed by atoms with Crippen LogP contribution in [0.15, 0.2) is 72.8 Å². The quantitative estimate of drug-likeness (QED) is 0.403. The number of amides is 2. The number of nitrogens with one attached hydrogen (secondary N) is 3. The molecule has 0 unspecified atom stereocenters. The number of non-ortho nitro benzene ring substituents is 1. The summed E-state index contributed by atoms with van der Waals surface area (Å²) in [5.41, 5.74) is 2.72. The second-order valence-corrected chi connectivity index (χ2v) is 6.52. The van der Waals surface area contributed by atoms with Crippen molar-refractivity contribution in [3.8, 4) is 0 Å². The number of nitro groups is 1. The molecular weight excluding hydrogens is 384 g/mol. The molecule has 0 saturated heterocycles. The predicted octanol–water partition coefficient (Wildman–Crippen LogP) is 4.21. The van der Waals surface area contributed by atoms with Crippen LogP contribution in [0.3, 0.4) is 0 Å². The molecule has 3 rings (SSSR count). The Kier molecular flexibility index (Phi) is 6.39. The van der Waals surface area contributed by atoms with Crippen LogP contribution in [-0.4, -0.2) is 23.3 Å². The van der Waals surface area contributed by atoms with Crippen LogP contribution in [0.2, 0.25) is 0 Å². The molecule has 3 aromatic rings.